The normalized spacial score (nSPS) is 28.5. The minimum absolute atomic E-state index is 0.960. The van der Waals surface area contributed by atoms with Gasteiger partial charge in [0, 0.05) is 12.1 Å². The highest BCUT2D eigenvalue weighted by Gasteiger charge is 2.67. The molecular formula is C13H42O15Si8. The molecule has 0 bridgehead atoms. The van der Waals surface area contributed by atoms with E-state index in [1.807, 2.05) is 0 Å². The van der Waals surface area contributed by atoms with Gasteiger partial charge in [0.2, 0.25) is 0 Å². The fourth-order valence-electron chi connectivity index (χ4n) is 3.22. The summed E-state index contributed by atoms with van der Waals surface area (Å²) in [6, 6.07) is 0. The van der Waals surface area contributed by atoms with Gasteiger partial charge in [0.05, 0.1) is 0 Å². The summed E-state index contributed by atoms with van der Waals surface area (Å²) in [6.07, 6.45) is 0. The summed E-state index contributed by atoms with van der Waals surface area (Å²) in [7, 11) is -31.0. The Balaban J connectivity index is 3.24. The summed E-state index contributed by atoms with van der Waals surface area (Å²) in [5, 5.41) is -0.960. The van der Waals surface area contributed by atoms with Crippen LogP contribution in [0.15, 0.2) is 0 Å². The van der Waals surface area contributed by atoms with Crippen LogP contribution in [0.5, 0.6) is 0 Å². The largest absolute Gasteiger partial charge is 0.664 e. The minimum atomic E-state index is -5.04. The smallest absolute Gasteiger partial charge is 0.416 e. The quantitative estimate of drug-likeness (QED) is 0.174. The summed E-state index contributed by atoms with van der Waals surface area (Å²) >= 11 is 0. The SMILES string of the molecule is CO[Si](O)(O)O[Si](C)(C)O[Si](O)(O)O[Si](C)(C)O[Si]1(O)O[Si](C)(C)O[Si](C)(C)O[Si](O)(C(C)(C)C)O1. The zero-order valence-electron chi connectivity index (χ0n) is 22.9. The summed E-state index contributed by atoms with van der Waals surface area (Å²) in [6.45, 7) is 17.2. The Morgan fingerprint density at radius 3 is 1.50 bits per heavy atom. The molecule has 0 amide bonds. The Kier molecular flexibility index (Phi) is 10.6. The van der Waals surface area contributed by atoms with Crippen molar-refractivity contribution in [3.8, 4) is 0 Å². The van der Waals surface area contributed by atoms with Crippen LogP contribution in [0.3, 0.4) is 0 Å². The van der Waals surface area contributed by atoms with Crippen LogP contribution < -0.4 is 0 Å². The first-order valence-electron chi connectivity index (χ1n) is 11.0. The van der Waals surface area contributed by atoms with Crippen LogP contribution in [0.2, 0.25) is 57.4 Å². The predicted octanol–water partition coefficient (Wildman–Crippen LogP) is -0.414. The second-order valence-corrected chi connectivity index (χ2v) is 35.1. The van der Waals surface area contributed by atoms with Crippen molar-refractivity contribution in [3.63, 3.8) is 0 Å². The van der Waals surface area contributed by atoms with E-state index in [1.54, 1.807) is 47.0 Å². The molecule has 0 aliphatic carbocycles. The maximum atomic E-state index is 11.4. The summed E-state index contributed by atoms with van der Waals surface area (Å²) < 4.78 is 49.8. The molecule has 1 fully saturated rings. The summed E-state index contributed by atoms with van der Waals surface area (Å²) in [5.74, 6) is 0. The van der Waals surface area contributed by atoms with Crippen LogP contribution in [0, 0.1) is 0 Å². The van der Waals surface area contributed by atoms with Crippen LogP contribution in [0.1, 0.15) is 20.8 Å². The summed E-state index contributed by atoms with van der Waals surface area (Å²) in [5.41, 5.74) is 0. The summed E-state index contributed by atoms with van der Waals surface area (Å²) in [4.78, 5) is 63.3. The third kappa shape index (κ3) is 11.0. The molecule has 36 heavy (non-hydrogen) atoms. The molecule has 6 N–H and O–H groups in total. The van der Waals surface area contributed by atoms with Crippen LogP contribution in [-0.4, -0.2) is 106 Å². The fourth-order valence-corrected chi connectivity index (χ4v) is 32.3. The van der Waals surface area contributed by atoms with Crippen molar-refractivity contribution < 1.29 is 66.1 Å². The van der Waals surface area contributed by atoms with Crippen LogP contribution >= 0.6 is 0 Å². The van der Waals surface area contributed by atoms with Gasteiger partial charge >= 0.3 is 70.2 Å². The molecule has 23 heteroatoms. The molecule has 0 saturated carbocycles. The van der Waals surface area contributed by atoms with E-state index in [1.165, 1.54) is 26.2 Å². The molecule has 0 radical (unpaired) electrons. The molecule has 2 unspecified atom stereocenters. The van der Waals surface area contributed by atoms with E-state index in [2.05, 4.69) is 4.43 Å². The third-order valence-corrected chi connectivity index (χ3v) is 30.9. The molecule has 1 aliphatic rings. The number of hydrogen-bond acceptors (Lipinski definition) is 15. The van der Waals surface area contributed by atoms with Gasteiger partial charge in [-0.2, -0.15) is 0 Å². The lowest BCUT2D eigenvalue weighted by molar-refractivity contribution is 0.0455. The van der Waals surface area contributed by atoms with Gasteiger partial charge in [-0.15, -0.1) is 0 Å². The van der Waals surface area contributed by atoms with Crippen LogP contribution in [-0.2, 0) is 37.3 Å². The Morgan fingerprint density at radius 1 is 0.639 bits per heavy atom. The lowest BCUT2D eigenvalue weighted by Crippen LogP contribution is -2.73. The van der Waals surface area contributed by atoms with E-state index in [0.717, 1.165) is 7.11 Å². The Labute approximate surface area is 221 Å². The van der Waals surface area contributed by atoms with Gasteiger partial charge in [-0.05, 0) is 52.4 Å². The number of hydrogen-bond donors (Lipinski definition) is 6. The highest BCUT2D eigenvalue weighted by Crippen LogP contribution is 2.42. The Bertz CT molecular complexity index is 775. The van der Waals surface area contributed by atoms with E-state index < -0.39 is 75.2 Å². The van der Waals surface area contributed by atoms with E-state index in [-0.39, 0.29) is 0 Å². The first kappa shape index (κ1) is 35.2. The van der Waals surface area contributed by atoms with Gasteiger partial charge in [-0.25, -0.2) is 0 Å². The Morgan fingerprint density at radius 2 is 1.06 bits per heavy atom. The van der Waals surface area contributed by atoms with Crippen molar-refractivity contribution in [1.29, 1.82) is 0 Å². The maximum absolute atomic E-state index is 11.4. The molecule has 0 aromatic heterocycles. The zero-order chi connectivity index (χ0) is 28.9. The maximum Gasteiger partial charge on any atom is 0.664 e. The van der Waals surface area contributed by atoms with Gasteiger partial charge in [-0.1, -0.05) is 20.8 Å². The average Bonchev–Trinajstić information content (AvgIpc) is 2.44. The first-order chi connectivity index (χ1) is 15.5. The van der Waals surface area contributed by atoms with Gasteiger partial charge in [-0.3, -0.25) is 0 Å². The monoisotopic (exact) mass is 662 g/mol. The van der Waals surface area contributed by atoms with E-state index in [0.29, 0.717) is 0 Å². The highest BCUT2D eigenvalue weighted by molar-refractivity contribution is 6.92. The van der Waals surface area contributed by atoms with E-state index in [9.17, 15) is 28.8 Å². The molecule has 1 saturated heterocycles. The molecule has 216 valence electrons. The van der Waals surface area contributed by atoms with Gasteiger partial charge < -0.3 is 66.1 Å². The Hall–Kier alpha value is 1.14. The third-order valence-electron chi connectivity index (χ3n) is 4.24. The molecule has 0 spiro atoms. The van der Waals surface area contributed by atoms with Crippen molar-refractivity contribution in [2.75, 3.05) is 7.11 Å². The lowest BCUT2D eigenvalue weighted by Gasteiger charge is -2.49. The molecule has 0 aromatic rings. The molecule has 15 nitrogen and oxygen atoms in total. The van der Waals surface area contributed by atoms with Crippen LogP contribution in [0.25, 0.3) is 0 Å². The second kappa shape index (κ2) is 10.8. The molecule has 0 aromatic carbocycles. The predicted molar refractivity (Wildman–Crippen MR) is 142 cm³/mol. The lowest BCUT2D eigenvalue weighted by atomic mass is 10.3. The second-order valence-electron chi connectivity index (χ2n) is 11.1. The van der Waals surface area contributed by atoms with E-state index in [4.69, 9.17) is 32.9 Å². The molecule has 1 rings (SSSR count). The van der Waals surface area contributed by atoms with E-state index >= 15 is 0 Å². The van der Waals surface area contributed by atoms with Crippen molar-refractivity contribution in [2.45, 2.75) is 78.2 Å². The molecule has 2 atom stereocenters. The fraction of sp³-hybridized carbons (Fsp3) is 1.00. The zero-order valence-corrected chi connectivity index (χ0v) is 30.9. The van der Waals surface area contributed by atoms with Gasteiger partial charge in [0.15, 0.2) is 0 Å². The highest BCUT2D eigenvalue weighted by atomic mass is 28.6. The number of rotatable bonds is 9. The molecular weight excluding hydrogens is 621 g/mol. The topological polar surface area (TPSA) is 204 Å². The first-order valence-corrected chi connectivity index (χ1v) is 29.1. The van der Waals surface area contributed by atoms with Crippen molar-refractivity contribution in [3.05, 3.63) is 0 Å². The standard InChI is InChI=1S/C13H42O15Si8/c1-13(2,3)33(14)22-29(5,6)21-30(7,8)26-36(19,28-33)27-32(11,12)25-35(17,18)24-31(9,10)23-34(15,16)20-4/h14-19H,1-12H3. The molecule has 1 heterocycles. The van der Waals surface area contributed by atoms with Crippen molar-refractivity contribution >= 4 is 70.2 Å². The van der Waals surface area contributed by atoms with Crippen LogP contribution in [0.4, 0.5) is 0 Å². The van der Waals surface area contributed by atoms with Gasteiger partial charge in [0.1, 0.15) is 0 Å². The average molecular weight is 663 g/mol. The van der Waals surface area contributed by atoms with Crippen molar-refractivity contribution in [1.82, 2.24) is 0 Å². The van der Waals surface area contributed by atoms with Gasteiger partial charge in [0.25, 0.3) is 0 Å². The van der Waals surface area contributed by atoms with Crippen molar-refractivity contribution in [2.24, 2.45) is 0 Å². The molecule has 1 aliphatic heterocycles. The minimum Gasteiger partial charge on any atom is -0.416 e.